The Balaban J connectivity index is -0.000000125. The minimum atomic E-state index is -2.19. The number of aliphatic carboxylic acids is 2. The van der Waals surface area contributed by atoms with Crippen molar-refractivity contribution in [3.05, 3.63) is 0 Å². The molecule has 4 nitrogen and oxygen atoms in total. The zero-order valence-corrected chi connectivity index (χ0v) is 6.78. The number of carbonyl (C=O) groups excluding carboxylic acids is 2. The summed E-state index contributed by atoms with van der Waals surface area (Å²) in [6.07, 6.45) is 0. The Morgan fingerprint density at radius 1 is 1.00 bits per heavy atom. The van der Waals surface area contributed by atoms with E-state index in [2.05, 4.69) is 0 Å². The molecule has 0 aliphatic carbocycles. The molecule has 0 radical (unpaired) electrons. The summed E-state index contributed by atoms with van der Waals surface area (Å²) in [5.41, 5.74) is 0. The van der Waals surface area contributed by atoms with Crippen LogP contribution in [-0.2, 0) is 32.0 Å². The standard InChI is InChI=1S/C2H2O4.Nb.Si/c3-1(4)2(5)6;;/h(H,3,4)(H,5,6);;/q;+5;+4/p-2. The van der Waals surface area contributed by atoms with Crippen molar-refractivity contribution in [2.24, 2.45) is 0 Å². The molecule has 0 amide bonds. The maximum atomic E-state index is 8.93. The van der Waals surface area contributed by atoms with Gasteiger partial charge in [-0.15, -0.1) is 0 Å². The van der Waals surface area contributed by atoms with Crippen LogP contribution in [0.4, 0.5) is 0 Å². The third-order valence-electron chi connectivity index (χ3n) is 0.167. The predicted molar refractivity (Wildman–Crippen MR) is 15.8 cm³/mol. The molecule has 0 aliphatic rings. The molecule has 0 unspecified atom stereocenters. The summed E-state index contributed by atoms with van der Waals surface area (Å²) in [4.78, 5) is 17.9. The van der Waals surface area contributed by atoms with Crippen LogP contribution in [0.25, 0.3) is 0 Å². The molecule has 0 bridgehead atoms. The maximum Gasteiger partial charge on any atom is 5.00 e. The Kier molecular flexibility index (Phi) is 13.5. The van der Waals surface area contributed by atoms with Crippen molar-refractivity contribution in [1.29, 1.82) is 0 Å². The third kappa shape index (κ3) is 9.31. The van der Waals surface area contributed by atoms with Gasteiger partial charge in [-0.3, -0.25) is 0 Å². The van der Waals surface area contributed by atoms with E-state index in [-0.39, 0.29) is 33.3 Å². The Hall–Kier alpha value is -0.103. The van der Waals surface area contributed by atoms with Crippen molar-refractivity contribution in [2.45, 2.75) is 0 Å². The largest absolute Gasteiger partial charge is 5.00 e. The van der Waals surface area contributed by atoms with Crippen molar-refractivity contribution in [1.82, 2.24) is 0 Å². The van der Waals surface area contributed by atoms with E-state index in [1.165, 1.54) is 0 Å². The van der Waals surface area contributed by atoms with E-state index in [1.54, 1.807) is 0 Å². The van der Waals surface area contributed by atoms with Crippen LogP contribution >= 0.6 is 0 Å². The number of rotatable bonds is 0. The van der Waals surface area contributed by atoms with E-state index in [1.807, 2.05) is 0 Å². The fourth-order valence-electron chi connectivity index (χ4n) is 0. The van der Waals surface area contributed by atoms with Gasteiger partial charge in [0.05, 0.1) is 11.9 Å². The van der Waals surface area contributed by atoms with Crippen molar-refractivity contribution >= 4 is 22.9 Å². The first-order valence-electron chi connectivity index (χ1n) is 1.07. The van der Waals surface area contributed by atoms with Crippen LogP contribution in [0.2, 0.25) is 0 Å². The topological polar surface area (TPSA) is 80.3 Å². The van der Waals surface area contributed by atoms with Gasteiger partial charge >= 0.3 is 33.3 Å². The molecule has 0 atom stereocenters. The monoisotopic (exact) mass is 209 g/mol. The zero-order valence-electron chi connectivity index (χ0n) is 3.58. The molecule has 0 spiro atoms. The Morgan fingerprint density at radius 3 is 1.12 bits per heavy atom. The summed E-state index contributed by atoms with van der Waals surface area (Å²) in [6, 6.07) is 0. The van der Waals surface area contributed by atoms with Gasteiger partial charge in [0.1, 0.15) is 0 Å². The summed E-state index contributed by atoms with van der Waals surface area (Å²) < 4.78 is 0. The fourth-order valence-corrected chi connectivity index (χ4v) is 0. The number of carboxylic acids is 2. The maximum absolute atomic E-state index is 8.93. The van der Waals surface area contributed by atoms with Crippen LogP contribution in [0.1, 0.15) is 0 Å². The molecule has 6 heteroatoms. The van der Waals surface area contributed by atoms with E-state index in [9.17, 15) is 0 Å². The molecular formula is C2NbO4Si+7. The molecule has 34 valence electrons. The molecule has 0 aromatic heterocycles. The summed E-state index contributed by atoms with van der Waals surface area (Å²) in [6.45, 7) is 0. The van der Waals surface area contributed by atoms with E-state index in [0.29, 0.717) is 0 Å². The molecule has 0 N–H and O–H groups in total. The van der Waals surface area contributed by atoms with E-state index >= 15 is 0 Å². The van der Waals surface area contributed by atoms with Crippen molar-refractivity contribution < 1.29 is 42.2 Å². The quantitative estimate of drug-likeness (QED) is 0.301. The molecule has 0 aliphatic heterocycles. The molecule has 0 aromatic carbocycles. The van der Waals surface area contributed by atoms with E-state index in [4.69, 9.17) is 19.8 Å². The first kappa shape index (κ1) is 15.7. The van der Waals surface area contributed by atoms with Crippen LogP contribution in [0.5, 0.6) is 0 Å². The second-order valence-corrected chi connectivity index (χ2v) is 0.575. The van der Waals surface area contributed by atoms with Crippen LogP contribution in [0.15, 0.2) is 0 Å². The molecule has 0 heterocycles. The van der Waals surface area contributed by atoms with Gasteiger partial charge in [-0.05, 0) is 0 Å². The number of hydrogen-bond donors (Lipinski definition) is 0. The Morgan fingerprint density at radius 2 is 1.12 bits per heavy atom. The van der Waals surface area contributed by atoms with Gasteiger partial charge in [-0.25, -0.2) is 0 Å². The molecule has 0 rings (SSSR count). The summed E-state index contributed by atoms with van der Waals surface area (Å²) in [7, 11) is 0. The first-order chi connectivity index (χ1) is 2.64. The van der Waals surface area contributed by atoms with E-state index < -0.39 is 11.9 Å². The number of carbonyl (C=O) groups is 2. The summed E-state index contributed by atoms with van der Waals surface area (Å²) >= 11 is 0. The number of hydrogen-bond acceptors (Lipinski definition) is 4. The Bertz CT molecular complexity index is 80.0. The molecular weight excluding hydrogens is 209 g/mol. The molecule has 0 saturated heterocycles. The Labute approximate surface area is 65.4 Å². The van der Waals surface area contributed by atoms with Gasteiger partial charge in [-0.1, -0.05) is 0 Å². The molecule has 0 aromatic rings. The zero-order chi connectivity index (χ0) is 5.15. The van der Waals surface area contributed by atoms with Gasteiger partial charge in [-0.2, -0.15) is 0 Å². The van der Waals surface area contributed by atoms with Crippen LogP contribution < -0.4 is 10.2 Å². The summed E-state index contributed by atoms with van der Waals surface area (Å²) in [5.74, 6) is -4.37. The van der Waals surface area contributed by atoms with Gasteiger partial charge in [0, 0.05) is 0 Å². The number of carboxylic acid groups (broad SMARTS) is 2. The minimum Gasteiger partial charge on any atom is -0.543 e. The third-order valence-corrected chi connectivity index (χ3v) is 0.167. The van der Waals surface area contributed by atoms with Crippen molar-refractivity contribution in [3.8, 4) is 0 Å². The van der Waals surface area contributed by atoms with Crippen molar-refractivity contribution in [2.75, 3.05) is 0 Å². The minimum absolute atomic E-state index is 0. The van der Waals surface area contributed by atoms with Crippen LogP contribution in [-0.4, -0.2) is 22.9 Å². The average Bonchev–Trinajstić information content (AvgIpc) is 1.36. The first-order valence-corrected chi connectivity index (χ1v) is 1.07. The smallest absolute Gasteiger partial charge is 0.543 e. The average molecular weight is 209 g/mol. The normalized spacial score (nSPS) is 5.50. The van der Waals surface area contributed by atoms with Gasteiger partial charge in [0.25, 0.3) is 0 Å². The van der Waals surface area contributed by atoms with Gasteiger partial charge in [0.15, 0.2) is 0 Å². The summed E-state index contributed by atoms with van der Waals surface area (Å²) in [5, 5.41) is 17.9. The molecule has 8 heavy (non-hydrogen) atoms. The van der Waals surface area contributed by atoms with Crippen LogP contribution in [0.3, 0.4) is 0 Å². The molecule has 0 saturated carbocycles. The second kappa shape index (κ2) is 6.90. The van der Waals surface area contributed by atoms with Crippen molar-refractivity contribution in [3.63, 3.8) is 0 Å². The van der Waals surface area contributed by atoms with Gasteiger partial charge in [0.2, 0.25) is 0 Å². The molecule has 0 fully saturated rings. The van der Waals surface area contributed by atoms with Crippen LogP contribution in [0, 0.1) is 0 Å². The van der Waals surface area contributed by atoms with Gasteiger partial charge < -0.3 is 19.8 Å². The second-order valence-electron chi connectivity index (χ2n) is 0.575. The SMILES string of the molecule is O=C([O-])C(=O)[O-].[Nb+5].[Si+4]. The fraction of sp³-hybridized carbons (Fsp3) is 0. The predicted octanol–water partition coefficient (Wildman–Crippen LogP) is -3.90. The van der Waals surface area contributed by atoms with E-state index in [0.717, 1.165) is 0 Å².